The van der Waals surface area contributed by atoms with Crippen LogP contribution in [-0.2, 0) is 19.1 Å². The molecule has 0 spiro atoms. The van der Waals surface area contributed by atoms with Gasteiger partial charge in [-0.05, 0) is 37.8 Å². The van der Waals surface area contributed by atoms with Gasteiger partial charge in [0, 0.05) is 10.6 Å². The molecule has 1 aromatic rings. The zero-order chi connectivity index (χ0) is 22.2. The van der Waals surface area contributed by atoms with Gasteiger partial charge in [0.25, 0.3) is 0 Å². The first-order chi connectivity index (χ1) is 15.0. The van der Waals surface area contributed by atoms with E-state index in [1.807, 2.05) is 12.1 Å². The van der Waals surface area contributed by atoms with Crippen molar-refractivity contribution in [3.8, 4) is 0 Å². The van der Waals surface area contributed by atoms with E-state index in [0.29, 0.717) is 23.8 Å². The Morgan fingerprint density at radius 2 is 2.00 bits per heavy atom. The summed E-state index contributed by atoms with van der Waals surface area (Å²) < 4.78 is 5.28. The van der Waals surface area contributed by atoms with Crippen molar-refractivity contribution in [3.05, 3.63) is 24.3 Å². The topological polar surface area (TPSA) is 95.9 Å². The van der Waals surface area contributed by atoms with E-state index in [2.05, 4.69) is 5.32 Å². The highest BCUT2D eigenvalue weighted by Gasteiger charge is 2.35. The number of fused-ring (bicyclic) bond motifs is 1. The molecule has 7 nitrogen and oxygen atoms in total. The first-order valence-corrected chi connectivity index (χ1v) is 12.2. The largest absolute Gasteiger partial charge is 0.480 e. The molecule has 2 N–H and O–H groups in total. The second-order valence-electron chi connectivity index (χ2n) is 8.20. The molecule has 0 aromatic heterocycles. The van der Waals surface area contributed by atoms with Crippen LogP contribution in [0.1, 0.15) is 51.9 Å². The summed E-state index contributed by atoms with van der Waals surface area (Å²) in [6.07, 6.45) is 7.67. The second kappa shape index (κ2) is 11.5. The number of amides is 1. The van der Waals surface area contributed by atoms with Gasteiger partial charge in [0.1, 0.15) is 12.6 Å². The minimum absolute atomic E-state index is 0.282. The van der Waals surface area contributed by atoms with Crippen molar-refractivity contribution >= 4 is 35.3 Å². The minimum atomic E-state index is -1.08. The number of hydrogen-bond donors (Lipinski definition) is 2. The van der Waals surface area contributed by atoms with Gasteiger partial charge in [-0.1, -0.05) is 44.2 Å². The van der Waals surface area contributed by atoms with Gasteiger partial charge in [-0.15, -0.1) is 11.8 Å². The Morgan fingerprint density at radius 1 is 1.26 bits per heavy atom. The van der Waals surface area contributed by atoms with Crippen molar-refractivity contribution in [3.63, 3.8) is 0 Å². The number of carbonyl (C=O) groups excluding carboxylic acids is 2. The van der Waals surface area contributed by atoms with Crippen LogP contribution < -0.4 is 10.2 Å². The molecule has 1 fully saturated rings. The van der Waals surface area contributed by atoms with Crippen molar-refractivity contribution in [1.82, 2.24) is 5.32 Å². The first-order valence-electron chi connectivity index (χ1n) is 11.2. The smallest absolute Gasteiger partial charge is 0.323 e. The summed E-state index contributed by atoms with van der Waals surface area (Å²) in [5.74, 6) is -0.715. The average molecular weight is 449 g/mol. The van der Waals surface area contributed by atoms with Crippen LogP contribution in [0.3, 0.4) is 0 Å². The molecule has 170 valence electrons. The third-order valence-electron chi connectivity index (χ3n) is 5.98. The molecule has 1 saturated carbocycles. The maximum atomic E-state index is 13.3. The van der Waals surface area contributed by atoms with Crippen molar-refractivity contribution in [2.45, 2.75) is 68.8 Å². The van der Waals surface area contributed by atoms with Gasteiger partial charge in [-0.25, -0.2) is 0 Å². The summed E-state index contributed by atoms with van der Waals surface area (Å²) in [5, 5.41) is 12.6. The molecule has 8 heteroatoms. The maximum absolute atomic E-state index is 13.3. The number of carboxylic acids is 1. The van der Waals surface area contributed by atoms with Crippen LogP contribution in [0.25, 0.3) is 0 Å². The van der Waals surface area contributed by atoms with Gasteiger partial charge in [-0.2, -0.15) is 0 Å². The van der Waals surface area contributed by atoms with E-state index in [9.17, 15) is 19.5 Å². The maximum Gasteiger partial charge on any atom is 0.323 e. The Bertz CT molecular complexity index is 781. The predicted molar refractivity (Wildman–Crippen MR) is 120 cm³/mol. The molecule has 0 bridgehead atoms. The van der Waals surface area contributed by atoms with E-state index >= 15 is 0 Å². The number of para-hydroxylation sites is 1. The van der Waals surface area contributed by atoms with Gasteiger partial charge in [-0.3, -0.25) is 24.6 Å². The Morgan fingerprint density at radius 3 is 2.71 bits per heavy atom. The highest BCUT2D eigenvalue weighted by Crippen LogP contribution is 2.34. The number of carboxylic acid groups (broad SMARTS) is 1. The number of nitrogens with one attached hydrogen (secondary N) is 1. The van der Waals surface area contributed by atoms with Gasteiger partial charge < -0.3 is 9.84 Å². The number of carbonyl (C=O) groups is 3. The van der Waals surface area contributed by atoms with Crippen LogP contribution in [0.5, 0.6) is 0 Å². The first kappa shape index (κ1) is 23.6. The van der Waals surface area contributed by atoms with Crippen LogP contribution in [0.15, 0.2) is 29.2 Å². The number of anilines is 1. The number of thioether (sulfide) groups is 1. The number of nitrogens with zero attached hydrogens (tertiary/aromatic N) is 1. The average Bonchev–Trinajstić information content (AvgIpc) is 2.89. The third kappa shape index (κ3) is 6.46. The molecule has 0 saturated heterocycles. The minimum Gasteiger partial charge on any atom is -0.480 e. The van der Waals surface area contributed by atoms with Crippen molar-refractivity contribution in [2.24, 2.45) is 5.92 Å². The molecule has 2 aliphatic rings. The van der Waals surface area contributed by atoms with Crippen LogP contribution in [0.2, 0.25) is 0 Å². The second-order valence-corrected chi connectivity index (χ2v) is 9.26. The van der Waals surface area contributed by atoms with Crippen molar-refractivity contribution in [2.75, 3.05) is 23.8 Å². The number of aliphatic carboxylic acids is 1. The fourth-order valence-corrected chi connectivity index (χ4v) is 5.49. The van der Waals surface area contributed by atoms with Crippen LogP contribution in [0, 0.1) is 5.92 Å². The molecule has 3 rings (SSSR count). The summed E-state index contributed by atoms with van der Waals surface area (Å²) >= 11 is 1.50. The van der Waals surface area contributed by atoms with Gasteiger partial charge >= 0.3 is 11.9 Å². The molecule has 0 radical (unpaired) electrons. The van der Waals surface area contributed by atoms with Crippen LogP contribution >= 0.6 is 11.8 Å². The monoisotopic (exact) mass is 448 g/mol. The van der Waals surface area contributed by atoms with E-state index in [-0.39, 0.29) is 18.5 Å². The molecular formula is C23H32N2O5S. The molecule has 1 aliphatic heterocycles. The fourth-order valence-electron chi connectivity index (χ4n) is 4.40. The van der Waals surface area contributed by atoms with Gasteiger partial charge in [0.2, 0.25) is 5.91 Å². The highest BCUT2D eigenvalue weighted by atomic mass is 32.2. The molecule has 1 heterocycles. The van der Waals surface area contributed by atoms with Gasteiger partial charge in [0.15, 0.2) is 0 Å². The van der Waals surface area contributed by atoms with E-state index in [1.54, 1.807) is 19.1 Å². The number of benzene rings is 1. The van der Waals surface area contributed by atoms with E-state index in [1.165, 1.54) is 48.8 Å². The Hall–Kier alpha value is -2.06. The molecule has 2 unspecified atom stereocenters. The highest BCUT2D eigenvalue weighted by molar-refractivity contribution is 7.99. The molecule has 1 amide bonds. The van der Waals surface area contributed by atoms with Crippen LogP contribution in [0.4, 0.5) is 5.69 Å². The lowest BCUT2D eigenvalue weighted by Gasteiger charge is -2.28. The van der Waals surface area contributed by atoms with Gasteiger partial charge in [0.05, 0.1) is 18.3 Å². The summed E-state index contributed by atoms with van der Waals surface area (Å²) in [4.78, 5) is 39.6. The normalized spacial score (nSPS) is 20.6. The Kier molecular flexibility index (Phi) is 8.78. The van der Waals surface area contributed by atoms with Crippen molar-refractivity contribution < 1.29 is 24.2 Å². The molecule has 2 atom stereocenters. The molecule has 31 heavy (non-hydrogen) atoms. The quantitative estimate of drug-likeness (QED) is 0.559. The van der Waals surface area contributed by atoms with Crippen molar-refractivity contribution in [1.29, 1.82) is 0 Å². The summed E-state index contributed by atoms with van der Waals surface area (Å²) in [6, 6.07) is 6.06. The number of hydrogen-bond acceptors (Lipinski definition) is 6. The zero-order valence-electron chi connectivity index (χ0n) is 18.0. The SMILES string of the molecule is CCOC(=O)C(CCC1CCCCC1)NC1CSc2ccccc2N(CC(=O)O)C1=O. The number of esters is 1. The number of rotatable bonds is 9. The lowest BCUT2D eigenvalue weighted by atomic mass is 9.85. The number of ether oxygens (including phenoxy) is 1. The zero-order valence-corrected chi connectivity index (χ0v) is 18.9. The van der Waals surface area contributed by atoms with Crippen LogP contribution in [-0.4, -0.2) is 53.9 Å². The molecular weight excluding hydrogens is 416 g/mol. The van der Waals surface area contributed by atoms with E-state index in [4.69, 9.17) is 4.74 Å². The van der Waals surface area contributed by atoms with E-state index < -0.39 is 24.6 Å². The lowest BCUT2D eigenvalue weighted by molar-refractivity contribution is -0.146. The third-order valence-corrected chi connectivity index (χ3v) is 7.14. The fraction of sp³-hybridized carbons (Fsp3) is 0.609. The summed E-state index contributed by atoms with van der Waals surface area (Å²) in [6.45, 7) is 1.64. The lowest BCUT2D eigenvalue weighted by Crippen LogP contribution is -2.54. The predicted octanol–water partition coefficient (Wildman–Crippen LogP) is 3.46. The summed E-state index contributed by atoms with van der Waals surface area (Å²) in [5.41, 5.74) is 0.596. The molecule has 1 aliphatic carbocycles. The van der Waals surface area contributed by atoms with E-state index in [0.717, 1.165) is 11.3 Å². The summed E-state index contributed by atoms with van der Waals surface area (Å²) in [7, 11) is 0. The standard InChI is InChI=1S/C23H32N2O5S/c1-2-30-23(29)17(13-12-16-8-4-3-5-9-16)24-18-15-31-20-11-7-6-10-19(20)25(22(18)28)14-21(26)27/h6-7,10-11,16-18,24H,2-5,8-9,12-15H2,1H3,(H,26,27). The molecule has 1 aromatic carbocycles. The Balaban J connectivity index is 1.74. The Labute approximate surface area is 187 Å².